The van der Waals surface area contributed by atoms with E-state index in [1.165, 1.54) is 6.26 Å². The lowest BCUT2D eigenvalue weighted by atomic mass is 9.68. The smallest absolute Gasteiger partial charge is 0.400 e. The lowest BCUT2D eigenvalue weighted by Gasteiger charge is -2.40. The van der Waals surface area contributed by atoms with Crippen LogP contribution in [0.5, 0.6) is 0 Å². The average molecular weight is 602 g/mol. The number of hydrogen-bond acceptors (Lipinski definition) is 5. The molecular formula is C23H17BrClF3N4OS2. The minimum absolute atomic E-state index is 0.0180. The second-order valence-electron chi connectivity index (χ2n) is 8.20. The van der Waals surface area contributed by atoms with Crippen LogP contribution in [-0.2, 0) is 16.6 Å². The molecule has 4 aromatic rings. The summed E-state index contributed by atoms with van der Waals surface area (Å²) in [7, 11) is 0. The van der Waals surface area contributed by atoms with Gasteiger partial charge in [0.05, 0.1) is 10.7 Å². The van der Waals surface area contributed by atoms with Gasteiger partial charge < -0.3 is 4.55 Å². The lowest BCUT2D eigenvalue weighted by molar-refractivity contribution is -0.212. The molecule has 1 saturated carbocycles. The van der Waals surface area contributed by atoms with E-state index in [0.29, 0.717) is 33.3 Å². The third-order valence-electron chi connectivity index (χ3n) is 6.11. The first kappa shape index (κ1) is 24.8. The molecule has 0 aliphatic heterocycles. The zero-order chi connectivity index (χ0) is 25.0. The average Bonchev–Trinajstić information content (AvgIpc) is 3.38. The van der Waals surface area contributed by atoms with Crippen molar-refractivity contribution in [3.05, 3.63) is 63.0 Å². The van der Waals surface area contributed by atoms with Crippen LogP contribution in [0.4, 0.5) is 13.2 Å². The van der Waals surface area contributed by atoms with Crippen molar-refractivity contribution in [3.8, 4) is 27.6 Å². The fraction of sp³-hybridized carbons (Fsp3) is 0.261. The summed E-state index contributed by atoms with van der Waals surface area (Å²) in [5.41, 5.74) is 0.0263. The van der Waals surface area contributed by atoms with Gasteiger partial charge >= 0.3 is 6.18 Å². The molecule has 182 valence electrons. The van der Waals surface area contributed by atoms with E-state index in [4.69, 9.17) is 11.6 Å². The van der Waals surface area contributed by atoms with Gasteiger partial charge in [-0.1, -0.05) is 69.6 Å². The van der Waals surface area contributed by atoms with Crippen LogP contribution in [-0.4, -0.2) is 37.0 Å². The number of rotatable bonds is 5. The Kier molecular flexibility index (Phi) is 6.50. The van der Waals surface area contributed by atoms with Crippen LogP contribution in [0.2, 0.25) is 5.02 Å². The SMILES string of the molecule is C[S+]([O-])c1c(-c2nnc(C3(C(F)(F)F)CCC3)s2)nn(-c2ccccc2Cl)c1-c1ccc(Br)cc1. The maximum atomic E-state index is 13.9. The molecule has 0 amide bonds. The number of alkyl halides is 3. The Balaban J connectivity index is 1.74. The number of hydrogen-bond donors (Lipinski definition) is 0. The maximum absolute atomic E-state index is 13.9. The summed E-state index contributed by atoms with van der Waals surface area (Å²) in [5.74, 6) is 0. The zero-order valence-electron chi connectivity index (χ0n) is 18.1. The van der Waals surface area contributed by atoms with E-state index in [1.54, 1.807) is 28.9 Å². The van der Waals surface area contributed by atoms with E-state index in [-0.39, 0.29) is 28.6 Å². The largest absolute Gasteiger partial charge is 0.612 e. The summed E-state index contributed by atoms with van der Waals surface area (Å²) in [6.07, 6.45) is -2.47. The van der Waals surface area contributed by atoms with Crippen LogP contribution in [0.1, 0.15) is 24.3 Å². The molecule has 0 spiro atoms. The fourth-order valence-corrected chi connectivity index (χ4v) is 6.67. The van der Waals surface area contributed by atoms with Gasteiger partial charge in [-0.15, -0.1) is 10.2 Å². The van der Waals surface area contributed by atoms with Crippen molar-refractivity contribution in [3.63, 3.8) is 0 Å². The van der Waals surface area contributed by atoms with Gasteiger partial charge in [-0.05, 0) is 48.3 Å². The Bertz CT molecular complexity index is 1380. The first-order valence-corrected chi connectivity index (χ1v) is 14.1. The monoisotopic (exact) mass is 600 g/mol. The molecule has 1 unspecified atom stereocenters. The molecule has 1 aliphatic carbocycles. The van der Waals surface area contributed by atoms with Gasteiger partial charge in [-0.3, -0.25) is 0 Å². The van der Waals surface area contributed by atoms with Crippen LogP contribution in [0.3, 0.4) is 0 Å². The van der Waals surface area contributed by atoms with E-state index in [1.807, 2.05) is 24.3 Å². The molecule has 1 aliphatic rings. The number of nitrogens with zero attached hydrogens (tertiary/aromatic N) is 4. The molecule has 35 heavy (non-hydrogen) atoms. The third kappa shape index (κ3) is 4.21. The van der Waals surface area contributed by atoms with Gasteiger partial charge in [0.25, 0.3) is 0 Å². The van der Waals surface area contributed by atoms with E-state index in [0.717, 1.165) is 15.8 Å². The zero-order valence-corrected chi connectivity index (χ0v) is 22.1. The molecule has 2 aromatic carbocycles. The van der Waals surface area contributed by atoms with Gasteiger partial charge in [0, 0.05) is 10.0 Å². The third-order valence-corrected chi connectivity index (χ3v) is 9.06. The van der Waals surface area contributed by atoms with Crippen LogP contribution >= 0.6 is 38.9 Å². The highest BCUT2D eigenvalue weighted by Gasteiger charge is 2.61. The highest BCUT2D eigenvalue weighted by molar-refractivity contribution is 9.10. The van der Waals surface area contributed by atoms with E-state index in [9.17, 15) is 17.7 Å². The van der Waals surface area contributed by atoms with Gasteiger partial charge in [0.1, 0.15) is 22.4 Å². The predicted octanol–water partition coefficient (Wildman–Crippen LogP) is 7.20. The Morgan fingerprint density at radius 1 is 1.11 bits per heavy atom. The number of aromatic nitrogens is 4. The Morgan fingerprint density at radius 3 is 2.37 bits per heavy atom. The minimum atomic E-state index is -4.42. The lowest BCUT2D eigenvalue weighted by Crippen LogP contribution is -2.47. The predicted molar refractivity (Wildman–Crippen MR) is 135 cm³/mol. The summed E-state index contributed by atoms with van der Waals surface area (Å²) in [6.45, 7) is 0. The van der Waals surface area contributed by atoms with Crippen molar-refractivity contribution in [2.75, 3.05) is 6.26 Å². The molecule has 0 N–H and O–H groups in total. The first-order valence-electron chi connectivity index (χ1n) is 10.5. The highest BCUT2D eigenvalue weighted by Crippen LogP contribution is 2.56. The quantitative estimate of drug-likeness (QED) is 0.227. The number of para-hydroxylation sites is 1. The number of benzene rings is 2. The standard InChI is InChI=1S/C23H17BrClF3N4OS2/c1-35(33)19-17(20-29-30-21(34-20)22(11-4-12-22)23(26,27)28)31-32(16-6-3-2-5-15(16)25)18(19)13-7-9-14(24)10-8-13/h2-3,5-10H,4,11-12H2,1H3. The summed E-state index contributed by atoms with van der Waals surface area (Å²) in [4.78, 5) is 0.351. The molecule has 1 fully saturated rings. The van der Waals surface area contributed by atoms with Gasteiger partial charge in [-0.25, -0.2) is 4.68 Å². The van der Waals surface area contributed by atoms with Crippen molar-refractivity contribution in [1.82, 2.24) is 20.0 Å². The Labute approximate surface area is 219 Å². The summed E-state index contributed by atoms with van der Waals surface area (Å²) < 4.78 is 57.2. The topological polar surface area (TPSA) is 66.7 Å². The van der Waals surface area contributed by atoms with Crippen molar-refractivity contribution >= 4 is 50.0 Å². The van der Waals surface area contributed by atoms with Crippen LogP contribution < -0.4 is 0 Å². The van der Waals surface area contributed by atoms with Crippen LogP contribution in [0.15, 0.2) is 57.9 Å². The molecule has 0 radical (unpaired) electrons. The molecule has 0 bridgehead atoms. The molecule has 5 rings (SSSR count). The van der Waals surface area contributed by atoms with E-state index >= 15 is 0 Å². The van der Waals surface area contributed by atoms with Crippen molar-refractivity contribution in [1.29, 1.82) is 0 Å². The van der Waals surface area contributed by atoms with Gasteiger partial charge in [-0.2, -0.15) is 18.3 Å². The summed E-state index contributed by atoms with van der Waals surface area (Å²) in [6, 6.07) is 14.4. The summed E-state index contributed by atoms with van der Waals surface area (Å²) >= 11 is 9.19. The van der Waals surface area contributed by atoms with Crippen molar-refractivity contribution in [2.45, 2.75) is 35.7 Å². The fourth-order valence-electron chi connectivity index (χ4n) is 4.14. The Hall–Kier alpha value is -1.92. The van der Waals surface area contributed by atoms with Gasteiger partial charge in [0.2, 0.25) is 4.90 Å². The van der Waals surface area contributed by atoms with E-state index < -0.39 is 22.8 Å². The second-order valence-corrected chi connectivity index (χ2v) is 11.8. The molecule has 2 heterocycles. The summed E-state index contributed by atoms with van der Waals surface area (Å²) in [5, 5.41) is 13.2. The Morgan fingerprint density at radius 2 is 1.80 bits per heavy atom. The maximum Gasteiger partial charge on any atom is 0.400 e. The molecular weight excluding hydrogens is 585 g/mol. The van der Waals surface area contributed by atoms with Crippen molar-refractivity contribution in [2.24, 2.45) is 0 Å². The normalized spacial score (nSPS) is 16.2. The number of halogens is 5. The minimum Gasteiger partial charge on any atom is -0.612 e. The molecule has 5 nitrogen and oxygen atoms in total. The van der Waals surface area contributed by atoms with Crippen molar-refractivity contribution < 1.29 is 17.7 Å². The highest BCUT2D eigenvalue weighted by atomic mass is 79.9. The molecule has 2 aromatic heterocycles. The first-order chi connectivity index (χ1) is 16.6. The van der Waals surface area contributed by atoms with Crippen LogP contribution in [0.25, 0.3) is 27.6 Å². The second kappa shape index (κ2) is 9.19. The molecule has 0 saturated heterocycles. The van der Waals surface area contributed by atoms with E-state index in [2.05, 4.69) is 31.2 Å². The van der Waals surface area contributed by atoms with Gasteiger partial charge in [0.15, 0.2) is 10.7 Å². The molecule has 1 atom stereocenters. The molecule has 12 heteroatoms. The van der Waals surface area contributed by atoms with Crippen LogP contribution in [0, 0.1) is 0 Å².